The average molecular weight is 226 g/mol. The molecular weight excluding hydrogens is 216 g/mol. The highest BCUT2D eigenvalue weighted by molar-refractivity contribution is 7.09. The Balaban J connectivity index is 2.37. The lowest BCUT2D eigenvalue weighted by Gasteiger charge is -1.97. The fraction of sp³-hybridized carbons (Fsp3) is 0.222. The first-order chi connectivity index (χ1) is 7.08. The third-order valence-corrected chi connectivity index (χ3v) is 2.31. The molecule has 0 aliphatic heterocycles. The number of thiazole rings is 1. The van der Waals surface area contributed by atoms with Gasteiger partial charge in [0.15, 0.2) is 0 Å². The van der Waals surface area contributed by atoms with Gasteiger partial charge in [0.2, 0.25) is 5.91 Å². The second kappa shape index (κ2) is 5.26. The van der Waals surface area contributed by atoms with Gasteiger partial charge >= 0.3 is 5.97 Å². The van der Waals surface area contributed by atoms with Gasteiger partial charge in [-0.25, -0.2) is 9.78 Å². The third kappa shape index (κ3) is 4.37. The van der Waals surface area contributed by atoms with Crippen molar-refractivity contribution in [1.82, 2.24) is 10.3 Å². The molecule has 0 bridgehead atoms. The first-order valence-corrected chi connectivity index (χ1v) is 5.06. The van der Waals surface area contributed by atoms with E-state index in [1.54, 1.807) is 0 Å². The predicted octanol–water partition coefficient (Wildman–Crippen LogP) is 0.709. The number of carbonyl (C=O) groups excluding carboxylic acids is 1. The van der Waals surface area contributed by atoms with Gasteiger partial charge in [-0.05, 0) is 6.92 Å². The number of amides is 1. The summed E-state index contributed by atoms with van der Waals surface area (Å²) in [6.07, 6.45) is 1.77. The summed E-state index contributed by atoms with van der Waals surface area (Å²) < 4.78 is 0. The van der Waals surface area contributed by atoms with Gasteiger partial charge in [0.05, 0.1) is 17.2 Å². The van der Waals surface area contributed by atoms with Crippen LogP contribution in [-0.2, 0) is 16.1 Å². The summed E-state index contributed by atoms with van der Waals surface area (Å²) in [5, 5.41) is 13.6. The summed E-state index contributed by atoms with van der Waals surface area (Å²) in [4.78, 5) is 25.3. The Kier molecular flexibility index (Phi) is 3.99. The standard InChI is InChI=1S/C9H10N2O3S/c1-6-11-7(5-15-6)4-10-8(12)2-3-9(13)14/h2-3,5H,4H2,1H3,(H,10,12)(H,13,14)/b3-2+. The number of nitrogens with zero attached hydrogens (tertiary/aromatic N) is 1. The molecule has 6 heteroatoms. The number of aliphatic carboxylic acids is 1. The van der Waals surface area contributed by atoms with E-state index in [0.717, 1.165) is 22.9 Å². The van der Waals surface area contributed by atoms with Crippen molar-refractivity contribution in [2.24, 2.45) is 0 Å². The normalized spacial score (nSPS) is 10.5. The molecule has 1 aromatic rings. The minimum absolute atomic E-state index is 0.313. The fourth-order valence-corrected chi connectivity index (χ4v) is 1.49. The summed E-state index contributed by atoms with van der Waals surface area (Å²) in [5.74, 6) is -1.59. The lowest BCUT2D eigenvalue weighted by atomic mass is 10.4. The van der Waals surface area contributed by atoms with Crippen molar-refractivity contribution in [3.63, 3.8) is 0 Å². The van der Waals surface area contributed by atoms with Crippen molar-refractivity contribution in [1.29, 1.82) is 0 Å². The minimum Gasteiger partial charge on any atom is -0.478 e. The second-order valence-electron chi connectivity index (χ2n) is 2.75. The highest BCUT2D eigenvalue weighted by Crippen LogP contribution is 2.06. The van der Waals surface area contributed by atoms with Crippen molar-refractivity contribution >= 4 is 23.2 Å². The summed E-state index contributed by atoms with van der Waals surface area (Å²) in [6, 6.07) is 0. The number of hydrogen-bond acceptors (Lipinski definition) is 4. The first kappa shape index (κ1) is 11.4. The van der Waals surface area contributed by atoms with Gasteiger partial charge in [0.25, 0.3) is 0 Å². The fourth-order valence-electron chi connectivity index (χ4n) is 0.873. The quantitative estimate of drug-likeness (QED) is 0.741. The Morgan fingerprint density at radius 3 is 2.87 bits per heavy atom. The van der Waals surface area contributed by atoms with Gasteiger partial charge in [-0.3, -0.25) is 4.79 Å². The van der Waals surface area contributed by atoms with Crippen LogP contribution < -0.4 is 5.32 Å². The van der Waals surface area contributed by atoms with Crippen LogP contribution in [0, 0.1) is 6.92 Å². The number of carbonyl (C=O) groups is 2. The number of carboxylic acids is 1. The number of aryl methyl sites for hydroxylation is 1. The predicted molar refractivity (Wildman–Crippen MR) is 55.5 cm³/mol. The zero-order chi connectivity index (χ0) is 11.3. The van der Waals surface area contributed by atoms with Gasteiger partial charge < -0.3 is 10.4 Å². The Labute approximate surface area is 90.5 Å². The molecule has 0 saturated heterocycles. The van der Waals surface area contributed by atoms with E-state index in [4.69, 9.17) is 5.11 Å². The zero-order valence-electron chi connectivity index (χ0n) is 8.06. The molecular formula is C9H10N2O3S. The molecule has 0 saturated carbocycles. The maximum atomic E-state index is 11.0. The van der Waals surface area contributed by atoms with Crippen LogP contribution in [0.2, 0.25) is 0 Å². The molecule has 15 heavy (non-hydrogen) atoms. The van der Waals surface area contributed by atoms with E-state index < -0.39 is 11.9 Å². The van der Waals surface area contributed by atoms with Crippen molar-refractivity contribution in [3.8, 4) is 0 Å². The van der Waals surface area contributed by atoms with E-state index in [0.29, 0.717) is 6.54 Å². The van der Waals surface area contributed by atoms with Crippen LogP contribution in [0.5, 0.6) is 0 Å². The van der Waals surface area contributed by atoms with Crippen molar-refractivity contribution < 1.29 is 14.7 Å². The molecule has 0 atom stereocenters. The number of carboxylic acid groups (broad SMARTS) is 1. The summed E-state index contributed by atoms with van der Waals surface area (Å²) >= 11 is 1.50. The number of aromatic nitrogens is 1. The molecule has 0 unspecified atom stereocenters. The molecule has 0 radical (unpaired) electrons. The van der Waals surface area contributed by atoms with Gasteiger partial charge in [-0.2, -0.15) is 0 Å². The Bertz CT molecular complexity index is 398. The topological polar surface area (TPSA) is 79.3 Å². The van der Waals surface area contributed by atoms with Gasteiger partial charge in [0, 0.05) is 17.5 Å². The van der Waals surface area contributed by atoms with Gasteiger partial charge in [0.1, 0.15) is 0 Å². The molecule has 1 amide bonds. The summed E-state index contributed by atoms with van der Waals surface area (Å²) in [7, 11) is 0. The molecule has 1 rings (SSSR count). The van der Waals surface area contributed by atoms with E-state index in [-0.39, 0.29) is 0 Å². The highest BCUT2D eigenvalue weighted by Gasteiger charge is 2.00. The molecule has 0 aliphatic carbocycles. The van der Waals surface area contributed by atoms with Crippen LogP contribution in [-0.4, -0.2) is 22.0 Å². The number of hydrogen-bond donors (Lipinski definition) is 2. The van der Waals surface area contributed by atoms with Crippen LogP contribution >= 0.6 is 11.3 Å². The molecule has 5 nitrogen and oxygen atoms in total. The molecule has 1 heterocycles. The van der Waals surface area contributed by atoms with Crippen LogP contribution in [0.25, 0.3) is 0 Å². The highest BCUT2D eigenvalue weighted by atomic mass is 32.1. The van der Waals surface area contributed by atoms with Crippen LogP contribution in [0.15, 0.2) is 17.5 Å². The van der Waals surface area contributed by atoms with E-state index in [2.05, 4.69) is 10.3 Å². The van der Waals surface area contributed by atoms with E-state index in [1.165, 1.54) is 11.3 Å². The number of nitrogens with one attached hydrogen (secondary N) is 1. The van der Waals surface area contributed by atoms with Crippen LogP contribution in [0.1, 0.15) is 10.7 Å². The average Bonchev–Trinajstić information content (AvgIpc) is 2.58. The Morgan fingerprint density at radius 2 is 2.33 bits per heavy atom. The summed E-state index contributed by atoms with van der Waals surface area (Å²) in [5.41, 5.74) is 0.773. The van der Waals surface area contributed by atoms with Crippen LogP contribution in [0.4, 0.5) is 0 Å². The van der Waals surface area contributed by atoms with Crippen LogP contribution in [0.3, 0.4) is 0 Å². The van der Waals surface area contributed by atoms with Crippen molar-refractivity contribution in [3.05, 3.63) is 28.2 Å². The first-order valence-electron chi connectivity index (χ1n) is 4.18. The SMILES string of the molecule is Cc1nc(CNC(=O)/C=C/C(=O)O)cs1. The zero-order valence-corrected chi connectivity index (χ0v) is 8.87. The summed E-state index contributed by atoms with van der Waals surface area (Å²) in [6.45, 7) is 2.19. The lowest BCUT2D eigenvalue weighted by Crippen LogP contribution is -2.20. The molecule has 1 aromatic heterocycles. The lowest BCUT2D eigenvalue weighted by molar-refractivity contribution is -0.131. The van der Waals surface area contributed by atoms with Crippen molar-refractivity contribution in [2.75, 3.05) is 0 Å². The van der Waals surface area contributed by atoms with Crippen molar-refractivity contribution in [2.45, 2.75) is 13.5 Å². The minimum atomic E-state index is -1.14. The van der Waals surface area contributed by atoms with E-state index >= 15 is 0 Å². The smallest absolute Gasteiger partial charge is 0.328 e. The van der Waals surface area contributed by atoms with Gasteiger partial charge in [-0.1, -0.05) is 0 Å². The Morgan fingerprint density at radius 1 is 1.60 bits per heavy atom. The third-order valence-electron chi connectivity index (χ3n) is 1.49. The second-order valence-corrected chi connectivity index (χ2v) is 3.81. The Hall–Kier alpha value is -1.69. The maximum Gasteiger partial charge on any atom is 0.328 e. The largest absolute Gasteiger partial charge is 0.478 e. The molecule has 0 spiro atoms. The monoisotopic (exact) mass is 226 g/mol. The molecule has 80 valence electrons. The van der Waals surface area contributed by atoms with E-state index in [1.807, 2.05) is 12.3 Å². The molecule has 0 aromatic carbocycles. The van der Waals surface area contributed by atoms with Gasteiger partial charge in [-0.15, -0.1) is 11.3 Å². The molecule has 2 N–H and O–H groups in total. The molecule has 0 aliphatic rings. The molecule has 0 fully saturated rings. The maximum absolute atomic E-state index is 11.0. The number of rotatable bonds is 4. The van der Waals surface area contributed by atoms with E-state index in [9.17, 15) is 9.59 Å².